The maximum Gasteiger partial charge on any atom is 0.573 e. The molecule has 0 amide bonds. The van der Waals surface area contributed by atoms with Crippen molar-refractivity contribution in [2.24, 2.45) is 11.7 Å². The zero-order valence-electron chi connectivity index (χ0n) is 18.3. The number of ether oxygens (including phenoxy) is 2. The quantitative estimate of drug-likeness (QED) is 0.394. The second kappa shape index (κ2) is 9.46. The minimum atomic E-state index is -4.87. The molecule has 2 heterocycles. The number of rotatable bonds is 8. The number of nitrogens with zero attached hydrogens (tertiary/aromatic N) is 2. The Morgan fingerprint density at radius 1 is 1.06 bits per heavy atom. The molecule has 3 aromatic rings. The van der Waals surface area contributed by atoms with Gasteiger partial charge < -0.3 is 15.2 Å². The van der Waals surface area contributed by atoms with Crippen molar-refractivity contribution in [1.82, 2.24) is 9.97 Å². The molecular weight excluding hydrogens is 445 g/mol. The summed E-state index contributed by atoms with van der Waals surface area (Å²) in [4.78, 5) is 8.33. The fourth-order valence-electron chi connectivity index (χ4n) is 3.68. The van der Waals surface area contributed by atoms with Crippen LogP contribution in [0.15, 0.2) is 42.7 Å². The van der Waals surface area contributed by atoms with Crippen molar-refractivity contribution < 1.29 is 31.4 Å². The highest BCUT2D eigenvalue weighted by Crippen LogP contribution is 2.36. The largest absolute Gasteiger partial charge is 0.573 e. The van der Waals surface area contributed by atoms with Gasteiger partial charge in [0.1, 0.15) is 18.1 Å². The van der Waals surface area contributed by atoms with Crippen LogP contribution in [-0.4, -0.2) is 28.5 Å². The summed E-state index contributed by atoms with van der Waals surface area (Å²) in [6.07, 6.45) is -4.52. The highest BCUT2D eigenvalue weighted by atomic mass is 19.4. The van der Waals surface area contributed by atoms with E-state index in [4.69, 9.17) is 10.5 Å². The summed E-state index contributed by atoms with van der Waals surface area (Å²) >= 11 is 0. The van der Waals surface area contributed by atoms with Gasteiger partial charge >= 0.3 is 6.36 Å². The van der Waals surface area contributed by atoms with Crippen molar-refractivity contribution in [3.05, 3.63) is 48.3 Å². The Morgan fingerprint density at radius 3 is 2.42 bits per heavy atom. The molecule has 2 N–H and O–H groups in total. The number of benzene rings is 1. The second-order valence-corrected chi connectivity index (χ2v) is 8.53. The van der Waals surface area contributed by atoms with Crippen LogP contribution in [0.5, 0.6) is 11.5 Å². The third-order valence-electron chi connectivity index (χ3n) is 4.79. The topological polar surface area (TPSA) is 70.3 Å². The van der Waals surface area contributed by atoms with Gasteiger partial charge in [-0.2, -0.15) is 0 Å². The second-order valence-electron chi connectivity index (χ2n) is 8.53. The number of hydrogen-bond acceptors (Lipinski definition) is 5. The molecule has 33 heavy (non-hydrogen) atoms. The van der Waals surface area contributed by atoms with Crippen LogP contribution in [0.1, 0.15) is 39.2 Å². The van der Waals surface area contributed by atoms with Gasteiger partial charge in [-0.1, -0.05) is 13.8 Å². The first-order valence-electron chi connectivity index (χ1n) is 10.2. The van der Waals surface area contributed by atoms with E-state index in [0.717, 1.165) is 18.2 Å². The van der Waals surface area contributed by atoms with Crippen molar-refractivity contribution in [1.29, 1.82) is 0 Å². The fourth-order valence-corrected chi connectivity index (χ4v) is 3.68. The van der Waals surface area contributed by atoms with Gasteiger partial charge in [0, 0.05) is 22.7 Å². The fraction of sp³-hybridized carbons (Fsp3) is 0.391. The van der Waals surface area contributed by atoms with Gasteiger partial charge in [0.25, 0.3) is 6.43 Å². The van der Waals surface area contributed by atoms with E-state index in [1.165, 1.54) is 24.5 Å². The molecule has 10 heteroatoms. The highest BCUT2D eigenvalue weighted by Gasteiger charge is 2.31. The van der Waals surface area contributed by atoms with Crippen LogP contribution in [0, 0.1) is 5.92 Å². The van der Waals surface area contributed by atoms with Gasteiger partial charge in [-0.05, 0) is 49.6 Å². The summed E-state index contributed by atoms with van der Waals surface area (Å²) in [5.74, 6) is -0.260. The Hall–Kier alpha value is -3.01. The molecular formula is C23H24F5N3O2. The standard InChI is InChI=1S/C23H24F5N3O2/c1-13(2)10-22(3,29)12-32-20-11-31-19(9-17(20)21(24)25)15-6-7-30-18-5-4-14(8-16(15)18)33-23(26,27)28/h4-9,11,13,21H,10,12,29H2,1-3H3. The highest BCUT2D eigenvalue weighted by molar-refractivity contribution is 5.94. The van der Waals surface area contributed by atoms with Gasteiger partial charge in [-0.25, -0.2) is 8.78 Å². The predicted molar refractivity (Wildman–Crippen MR) is 114 cm³/mol. The van der Waals surface area contributed by atoms with Crippen molar-refractivity contribution in [2.75, 3.05) is 6.61 Å². The summed E-state index contributed by atoms with van der Waals surface area (Å²) in [5, 5.41) is 0.270. The first-order valence-corrected chi connectivity index (χ1v) is 10.2. The number of halogens is 5. The molecule has 0 saturated carbocycles. The van der Waals surface area contributed by atoms with E-state index in [1.54, 1.807) is 6.92 Å². The van der Waals surface area contributed by atoms with E-state index in [9.17, 15) is 22.0 Å². The average Bonchev–Trinajstić information content (AvgIpc) is 2.69. The Morgan fingerprint density at radius 2 is 1.79 bits per heavy atom. The number of alkyl halides is 5. The normalized spacial score (nSPS) is 14.0. The average molecular weight is 469 g/mol. The van der Waals surface area contributed by atoms with Crippen LogP contribution < -0.4 is 15.2 Å². The van der Waals surface area contributed by atoms with Crippen molar-refractivity contribution in [3.63, 3.8) is 0 Å². The first kappa shape index (κ1) is 24.6. The molecule has 0 aliphatic rings. The molecule has 0 fully saturated rings. The van der Waals surface area contributed by atoms with Gasteiger partial charge in [0.2, 0.25) is 0 Å². The Balaban J connectivity index is 1.98. The monoisotopic (exact) mass is 469 g/mol. The lowest BCUT2D eigenvalue weighted by atomic mass is 9.93. The Kier molecular flexibility index (Phi) is 7.06. The van der Waals surface area contributed by atoms with Crippen LogP contribution in [0.3, 0.4) is 0 Å². The minimum absolute atomic E-state index is 0.0161. The molecule has 0 spiro atoms. The third-order valence-corrected chi connectivity index (χ3v) is 4.79. The van der Waals surface area contributed by atoms with Gasteiger partial charge in [-0.15, -0.1) is 13.2 Å². The van der Waals surface area contributed by atoms with Gasteiger partial charge in [0.05, 0.1) is 23.0 Å². The summed E-state index contributed by atoms with van der Waals surface area (Å²) < 4.78 is 75.1. The number of pyridine rings is 2. The Labute approximate surface area is 187 Å². The van der Waals surface area contributed by atoms with Crippen molar-refractivity contribution in [2.45, 2.75) is 45.5 Å². The lowest BCUT2D eigenvalue weighted by Crippen LogP contribution is -2.43. The molecule has 1 atom stereocenters. The lowest BCUT2D eigenvalue weighted by molar-refractivity contribution is -0.274. The van der Waals surface area contributed by atoms with E-state index in [0.29, 0.717) is 23.4 Å². The van der Waals surface area contributed by atoms with Crippen LogP contribution in [0.2, 0.25) is 0 Å². The summed E-state index contributed by atoms with van der Waals surface area (Å²) in [6, 6.07) is 6.26. The van der Waals surface area contributed by atoms with E-state index in [2.05, 4.69) is 14.7 Å². The molecule has 0 radical (unpaired) electrons. The molecule has 0 bridgehead atoms. The van der Waals surface area contributed by atoms with Crippen LogP contribution in [0.4, 0.5) is 22.0 Å². The van der Waals surface area contributed by atoms with Crippen LogP contribution in [-0.2, 0) is 0 Å². The molecule has 0 saturated heterocycles. The number of aromatic nitrogens is 2. The number of fused-ring (bicyclic) bond motifs is 1. The molecule has 0 aliphatic heterocycles. The van der Waals surface area contributed by atoms with Gasteiger partial charge in [0.15, 0.2) is 0 Å². The SMILES string of the molecule is CC(C)CC(C)(N)COc1cnc(-c2ccnc3ccc(OC(F)(F)F)cc23)cc1C(F)F. The van der Waals surface area contributed by atoms with E-state index in [-0.39, 0.29) is 23.4 Å². The molecule has 3 rings (SSSR count). The first-order chi connectivity index (χ1) is 15.3. The predicted octanol–water partition coefficient (Wildman–Crippen LogP) is 6.28. The number of hydrogen-bond donors (Lipinski definition) is 1. The number of nitrogens with two attached hydrogens (primary N) is 1. The summed E-state index contributed by atoms with van der Waals surface area (Å²) in [7, 11) is 0. The Bertz CT molecular complexity index is 1120. The zero-order valence-corrected chi connectivity index (χ0v) is 18.3. The smallest absolute Gasteiger partial charge is 0.490 e. The third kappa shape index (κ3) is 6.50. The molecule has 1 aromatic carbocycles. The molecule has 0 aliphatic carbocycles. The molecule has 178 valence electrons. The van der Waals surface area contributed by atoms with E-state index >= 15 is 0 Å². The lowest BCUT2D eigenvalue weighted by Gasteiger charge is -2.27. The summed E-state index contributed by atoms with van der Waals surface area (Å²) in [5.41, 5.74) is 5.90. The van der Waals surface area contributed by atoms with Crippen LogP contribution >= 0.6 is 0 Å². The maximum atomic E-state index is 13.8. The van der Waals surface area contributed by atoms with Crippen LogP contribution in [0.25, 0.3) is 22.2 Å². The maximum absolute atomic E-state index is 13.8. The molecule has 1 unspecified atom stereocenters. The van der Waals surface area contributed by atoms with E-state index < -0.39 is 29.6 Å². The molecule has 5 nitrogen and oxygen atoms in total. The minimum Gasteiger partial charge on any atom is -0.490 e. The van der Waals surface area contributed by atoms with Crippen molar-refractivity contribution >= 4 is 10.9 Å². The molecule has 2 aromatic heterocycles. The summed E-state index contributed by atoms with van der Waals surface area (Å²) in [6.45, 7) is 5.79. The van der Waals surface area contributed by atoms with E-state index in [1.807, 2.05) is 13.8 Å². The zero-order chi connectivity index (χ0) is 24.4. The van der Waals surface area contributed by atoms with Crippen molar-refractivity contribution in [3.8, 4) is 22.8 Å². The van der Waals surface area contributed by atoms with Gasteiger partial charge in [-0.3, -0.25) is 9.97 Å².